The highest BCUT2D eigenvalue weighted by Crippen LogP contribution is 2.25. The van der Waals surface area contributed by atoms with E-state index < -0.39 is 0 Å². The van der Waals surface area contributed by atoms with Crippen molar-refractivity contribution in [3.63, 3.8) is 0 Å². The van der Waals surface area contributed by atoms with Gasteiger partial charge in [0.05, 0.1) is 0 Å². The summed E-state index contributed by atoms with van der Waals surface area (Å²) < 4.78 is 13.3. The number of rotatable bonds is 6. The Morgan fingerprint density at radius 1 is 1.00 bits per heavy atom. The van der Waals surface area contributed by atoms with E-state index in [4.69, 9.17) is 0 Å². The third kappa shape index (κ3) is 3.58. The number of hydrogen-bond donors (Lipinski definition) is 1. The fraction of sp³-hybridized carbons (Fsp3) is 0.294. The van der Waals surface area contributed by atoms with Crippen LogP contribution in [0.25, 0.3) is 0 Å². The Balaban J connectivity index is 2.19. The molecular formula is C17H21FN2. The Labute approximate surface area is 120 Å². The van der Waals surface area contributed by atoms with Gasteiger partial charge in [0.2, 0.25) is 0 Å². The number of halogens is 1. The Morgan fingerprint density at radius 3 is 2.35 bits per heavy atom. The molecule has 0 aliphatic heterocycles. The second-order valence-electron chi connectivity index (χ2n) is 4.67. The molecule has 0 unspecified atom stereocenters. The van der Waals surface area contributed by atoms with Crippen molar-refractivity contribution in [1.82, 2.24) is 5.32 Å². The molecule has 0 radical (unpaired) electrons. The second-order valence-corrected chi connectivity index (χ2v) is 4.67. The number of nitrogens with one attached hydrogen (secondary N) is 1. The molecule has 3 heteroatoms. The highest BCUT2D eigenvalue weighted by molar-refractivity contribution is 5.63. The number of anilines is 2. The van der Waals surface area contributed by atoms with E-state index in [1.807, 2.05) is 6.07 Å². The summed E-state index contributed by atoms with van der Waals surface area (Å²) in [6.07, 6.45) is 0. The van der Waals surface area contributed by atoms with E-state index in [0.29, 0.717) is 0 Å². The van der Waals surface area contributed by atoms with Crippen LogP contribution in [0, 0.1) is 5.82 Å². The van der Waals surface area contributed by atoms with Gasteiger partial charge in [-0.15, -0.1) is 0 Å². The molecule has 0 spiro atoms. The van der Waals surface area contributed by atoms with Crippen LogP contribution in [0.3, 0.4) is 0 Å². The van der Waals surface area contributed by atoms with Gasteiger partial charge < -0.3 is 10.2 Å². The molecule has 0 aliphatic rings. The first-order chi connectivity index (χ1) is 9.74. The fourth-order valence-electron chi connectivity index (χ4n) is 2.22. The van der Waals surface area contributed by atoms with Gasteiger partial charge >= 0.3 is 0 Å². The quantitative estimate of drug-likeness (QED) is 0.852. The largest absolute Gasteiger partial charge is 0.342 e. The van der Waals surface area contributed by atoms with Gasteiger partial charge in [0.15, 0.2) is 0 Å². The molecule has 0 atom stereocenters. The lowest BCUT2D eigenvalue weighted by Crippen LogP contribution is -2.16. The highest BCUT2D eigenvalue weighted by atomic mass is 19.1. The van der Waals surface area contributed by atoms with Gasteiger partial charge in [-0.05, 0) is 49.4 Å². The van der Waals surface area contributed by atoms with Crippen molar-refractivity contribution >= 4 is 11.4 Å². The molecule has 20 heavy (non-hydrogen) atoms. The van der Waals surface area contributed by atoms with E-state index in [0.717, 1.165) is 31.0 Å². The van der Waals surface area contributed by atoms with Crippen molar-refractivity contribution in [2.75, 3.05) is 18.0 Å². The first-order valence-corrected chi connectivity index (χ1v) is 7.07. The first-order valence-electron chi connectivity index (χ1n) is 7.07. The van der Waals surface area contributed by atoms with E-state index >= 15 is 0 Å². The Kier molecular flexibility index (Phi) is 5.13. The standard InChI is InChI=1S/C17H21FN2/c1-3-19-13-14-8-10-16(11-9-14)20(4-2)17-7-5-6-15(18)12-17/h5-12,19H,3-4,13H2,1-2H3. The van der Waals surface area contributed by atoms with Crippen LogP contribution in [-0.2, 0) is 6.54 Å². The summed E-state index contributed by atoms with van der Waals surface area (Å²) in [5, 5.41) is 3.30. The third-order valence-electron chi connectivity index (χ3n) is 3.26. The monoisotopic (exact) mass is 272 g/mol. The van der Waals surface area contributed by atoms with Gasteiger partial charge in [0.25, 0.3) is 0 Å². The Hall–Kier alpha value is -1.87. The van der Waals surface area contributed by atoms with Gasteiger partial charge in [-0.3, -0.25) is 0 Å². The Bertz CT molecular complexity index is 537. The van der Waals surface area contributed by atoms with Crippen molar-refractivity contribution < 1.29 is 4.39 Å². The first kappa shape index (κ1) is 14.5. The molecule has 0 bridgehead atoms. The fourth-order valence-corrected chi connectivity index (χ4v) is 2.22. The molecule has 0 heterocycles. The molecule has 106 valence electrons. The maximum absolute atomic E-state index is 13.3. The summed E-state index contributed by atoms with van der Waals surface area (Å²) >= 11 is 0. The number of hydrogen-bond acceptors (Lipinski definition) is 2. The minimum Gasteiger partial charge on any atom is -0.342 e. The zero-order valence-electron chi connectivity index (χ0n) is 12.1. The molecule has 0 amide bonds. The second kappa shape index (κ2) is 7.06. The molecule has 2 aromatic rings. The SMILES string of the molecule is CCNCc1ccc(N(CC)c2cccc(F)c2)cc1. The van der Waals surface area contributed by atoms with Crippen LogP contribution >= 0.6 is 0 Å². The van der Waals surface area contributed by atoms with Crippen LogP contribution in [0.4, 0.5) is 15.8 Å². The molecule has 2 rings (SSSR count). The average Bonchev–Trinajstić information content (AvgIpc) is 2.47. The van der Waals surface area contributed by atoms with Gasteiger partial charge in [-0.1, -0.05) is 25.1 Å². The molecular weight excluding hydrogens is 251 g/mol. The van der Waals surface area contributed by atoms with E-state index in [9.17, 15) is 4.39 Å². The molecule has 0 aromatic heterocycles. The molecule has 2 aromatic carbocycles. The van der Waals surface area contributed by atoms with Gasteiger partial charge in [-0.2, -0.15) is 0 Å². The van der Waals surface area contributed by atoms with Gasteiger partial charge in [0.1, 0.15) is 5.82 Å². The lowest BCUT2D eigenvalue weighted by atomic mass is 10.1. The molecule has 0 saturated carbocycles. The minimum atomic E-state index is -0.204. The van der Waals surface area contributed by atoms with Crippen molar-refractivity contribution in [2.45, 2.75) is 20.4 Å². The zero-order chi connectivity index (χ0) is 14.4. The normalized spacial score (nSPS) is 10.6. The highest BCUT2D eigenvalue weighted by Gasteiger charge is 2.07. The maximum atomic E-state index is 13.3. The van der Waals surface area contributed by atoms with Crippen LogP contribution in [-0.4, -0.2) is 13.1 Å². The number of nitrogens with zero attached hydrogens (tertiary/aromatic N) is 1. The van der Waals surface area contributed by atoms with E-state index in [-0.39, 0.29) is 5.82 Å². The van der Waals surface area contributed by atoms with Crippen molar-refractivity contribution in [2.24, 2.45) is 0 Å². The van der Waals surface area contributed by atoms with Crippen LogP contribution in [0.5, 0.6) is 0 Å². The number of benzene rings is 2. The Morgan fingerprint density at radius 2 is 1.75 bits per heavy atom. The predicted molar refractivity (Wildman–Crippen MR) is 82.9 cm³/mol. The van der Waals surface area contributed by atoms with Crippen molar-refractivity contribution in [3.8, 4) is 0 Å². The smallest absolute Gasteiger partial charge is 0.125 e. The van der Waals surface area contributed by atoms with Crippen LogP contribution in [0.1, 0.15) is 19.4 Å². The third-order valence-corrected chi connectivity index (χ3v) is 3.26. The summed E-state index contributed by atoms with van der Waals surface area (Å²) in [6.45, 7) is 6.81. The van der Waals surface area contributed by atoms with Gasteiger partial charge in [0, 0.05) is 24.5 Å². The van der Waals surface area contributed by atoms with Gasteiger partial charge in [-0.25, -0.2) is 4.39 Å². The molecule has 1 N–H and O–H groups in total. The van der Waals surface area contributed by atoms with Crippen molar-refractivity contribution in [3.05, 3.63) is 59.9 Å². The zero-order valence-corrected chi connectivity index (χ0v) is 12.1. The topological polar surface area (TPSA) is 15.3 Å². The molecule has 0 aliphatic carbocycles. The average molecular weight is 272 g/mol. The maximum Gasteiger partial charge on any atom is 0.125 e. The van der Waals surface area contributed by atoms with E-state index in [1.54, 1.807) is 12.1 Å². The van der Waals surface area contributed by atoms with E-state index in [1.165, 1.54) is 11.6 Å². The summed E-state index contributed by atoms with van der Waals surface area (Å²) in [5.74, 6) is -0.204. The summed E-state index contributed by atoms with van der Waals surface area (Å²) in [4.78, 5) is 2.10. The van der Waals surface area contributed by atoms with Crippen molar-refractivity contribution in [1.29, 1.82) is 0 Å². The van der Waals surface area contributed by atoms with Crippen LogP contribution in [0.15, 0.2) is 48.5 Å². The molecule has 2 nitrogen and oxygen atoms in total. The summed E-state index contributed by atoms with van der Waals surface area (Å²) in [7, 11) is 0. The summed E-state index contributed by atoms with van der Waals surface area (Å²) in [5.41, 5.74) is 3.22. The van der Waals surface area contributed by atoms with Crippen LogP contribution < -0.4 is 10.2 Å². The predicted octanol–water partition coefficient (Wildman–Crippen LogP) is 4.09. The van der Waals surface area contributed by atoms with Crippen LogP contribution in [0.2, 0.25) is 0 Å². The molecule has 0 saturated heterocycles. The minimum absolute atomic E-state index is 0.204. The molecule has 0 fully saturated rings. The lowest BCUT2D eigenvalue weighted by Gasteiger charge is -2.23. The van der Waals surface area contributed by atoms with E-state index in [2.05, 4.69) is 48.3 Å². The lowest BCUT2D eigenvalue weighted by molar-refractivity contribution is 0.627. The summed E-state index contributed by atoms with van der Waals surface area (Å²) in [6, 6.07) is 15.1.